The van der Waals surface area contributed by atoms with E-state index in [0.29, 0.717) is 11.1 Å². The van der Waals surface area contributed by atoms with Crippen LogP contribution in [0.25, 0.3) is 0 Å². The highest BCUT2D eigenvalue weighted by atomic mass is 32.1. The molecule has 0 spiro atoms. The van der Waals surface area contributed by atoms with Gasteiger partial charge in [0.1, 0.15) is 0 Å². The summed E-state index contributed by atoms with van der Waals surface area (Å²) < 4.78 is 0. The molecule has 6 heteroatoms. The second-order valence-corrected chi connectivity index (χ2v) is 5.17. The van der Waals surface area contributed by atoms with Gasteiger partial charge in [-0.2, -0.15) is 5.01 Å². The van der Waals surface area contributed by atoms with E-state index in [1.807, 2.05) is 30.3 Å². The van der Waals surface area contributed by atoms with Gasteiger partial charge in [-0.05, 0) is 36.5 Å². The highest BCUT2D eigenvalue weighted by molar-refractivity contribution is 7.80. The Morgan fingerprint density at radius 3 is 2.00 bits per heavy atom. The summed E-state index contributed by atoms with van der Waals surface area (Å²) in [6, 6.07) is 16.1. The van der Waals surface area contributed by atoms with Gasteiger partial charge in [-0.15, -0.1) is 0 Å². The van der Waals surface area contributed by atoms with Crippen LogP contribution in [0.5, 0.6) is 0 Å². The molecule has 2 amide bonds. The number of hydrogen-bond acceptors (Lipinski definition) is 3. The average molecular weight is 311 g/mol. The summed E-state index contributed by atoms with van der Waals surface area (Å²) in [7, 11) is 1.58. The minimum atomic E-state index is -0.375. The number of anilines is 1. The first kappa shape index (κ1) is 14.2. The summed E-state index contributed by atoms with van der Waals surface area (Å²) in [5.41, 5.74) is 1.57. The number of nitrogens with one attached hydrogen (secondary N) is 1. The van der Waals surface area contributed by atoms with E-state index in [-0.39, 0.29) is 16.9 Å². The highest BCUT2D eigenvalue weighted by Gasteiger charge is 2.38. The average Bonchev–Trinajstić information content (AvgIpc) is 2.79. The standard InChI is InChI=1S/C16H13N3O2S/c1-18(16(22)17-11-7-3-2-4-8-11)19-14(20)12-9-5-6-10-13(12)15(19)21/h2-10H,1H3,(H,17,22). The van der Waals surface area contributed by atoms with E-state index in [4.69, 9.17) is 12.2 Å². The third kappa shape index (κ3) is 2.33. The SMILES string of the molecule is CN(C(=S)Nc1ccccc1)N1C(=O)c2ccccc2C1=O. The van der Waals surface area contributed by atoms with Crippen LogP contribution in [0.3, 0.4) is 0 Å². The van der Waals surface area contributed by atoms with Crippen molar-refractivity contribution in [1.29, 1.82) is 0 Å². The minimum Gasteiger partial charge on any atom is -0.331 e. The Morgan fingerprint density at radius 2 is 1.45 bits per heavy atom. The lowest BCUT2D eigenvalue weighted by Gasteiger charge is -2.28. The molecule has 1 aliphatic rings. The van der Waals surface area contributed by atoms with Crippen molar-refractivity contribution in [3.05, 3.63) is 65.7 Å². The number of para-hydroxylation sites is 1. The number of carbonyl (C=O) groups excluding carboxylic acids is 2. The van der Waals surface area contributed by atoms with Crippen LogP contribution >= 0.6 is 12.2 Å². The van der Waals surface area contributed by atoms with Crippen LogP contribution in [0, 0.1) is 0 Å². The molecular formula is C16H13N3O2S. The molecule has 1 N–H and O–H groups in total. The zero-order chi connectivity index (χ0) is 15.7. The monoisotopic (exact) mass is 311 g/mol. The molecule has 0 fully saturated rings. The second-order valence-electron chi connectivity index (χ2n) is 4.79. The molecule has 1 heterocycles. The van der Waals surface area contributed by atoms with Crippen LogP contribution in [0.2, 0.25) is 0 Å². The maximum Gasteiger partial charge on any atom is 0.280 e. The quantitative estimate of drug-likeness (QED) is 0.682. The molecule has 110 valence electrons. The number of rotatable bonds is 2. The predicted octanol–water partition coefficient (Wildman–Crippen LogP) is 2.53. The fourth-order valence-electron chi connectivity index (χ4n) is 2.27. The molecule has 0 saturated heterocycles. The molecule has 0 atom stereocenters. The number of imide groups is 1. The molecule has 0 radical (unpaired) electrons. The number of benzene rings is 2. The molecule has 0 bridgehead atoms. The van der Waals surface area contributed by atoms with Crippen LogP contribution in [0.4, 0.5) is 5.69 Å². The molecule has 0 aliphatic carbocycles. The van der Waals surface area contributed by atoms with Crippen LogP contribution in [-0.2, 0) is 0 Å². The number of hydrazine groups is 1. The Balaban J connectivity index is 1.81. The predicted molar refractivity (Wildman–Crippen MR) is 87.4 cm³/mol. The highest BCUT2D eigenvalue weighted by Crippen LogP contribution is 2.23. The van der Waals surface area contributed by atoms with Gasteiger partial charge >= 0.3 is 0 Å². The van der Waals surface area contributed by atoms with Crippen molar-refractivity contribution in [3.63, 3.8) is 0 Å². The van der Waals surface area contributed by atoms with Gasteiger partial charge in [0.25, 0.3) is 11.8 Å². The maximum atomic E-state index is 12.4. The third-order valence-corrected chi connectivity index (χ3v) is 3.76. The van der Waals surface area contributed by atoms with Gasteiger partial charge in [0.2, 0.25) is 0 Å². The minimum absolute atomic E-state index is 0.265. The Hall–Kier alpha value is -2.73. The molecule has 22 heavy (non-hydrogen) atoms. The number of hydrogen-bond donors (Lipinski definition) is 1. The van der Waals surface area contributed by atoms with Gasteiger partial charge in [-0.1, -0.05) is 30.3 Å². The zero-order valence-electron chi connectivity index (χ0n) is 11.8. The molecule has 0 aromatic heterocycles. The van der Waals surface area contributed by atoms with E-state index in [0.717, 1.165) is 10.7 Å². The van der Waals surface area contributed by atoms with Crippen LogP contribution in [0.15, 0.2) is 54.6 Å². The van der Waals surface area contributed by atoms with E-state index in [2.05, 4.69) is 5.32 Å². The van der Waals surface area contributed by atoms with Gasteiger partial charge in [-0.25, -0.2) is 0 Å². The fourth-order valence-corrected chi connectivity index (χ4v) is 2.47. The summed E-state index contributed by atoms with van der Waals surface area (Å²) in [5.74, 6) is -0.749. The number of amides is 2. The van der Waals surface area contributed by atoms with Crippen molar-refractivity contribution in [2.24, 2.45) is 0 Å². The molecular weight excluding hydrogens is 298 g/mol. The fraction of sp³-hybridized carbons (Fsp3) is 0.0625. The lowest BCUT2D eigenvalue weighted by Crippen LogP contribution is -2.48. The summed E-state index contributed by atoms with van der Waals surface area (Å²) in [5, 5.41) is 5.66. The van der Waals surface area contributed by atoms with Crippen molar-refractivity contribution in [3.8, 4) is 0 Å². The van der Waals surface area contributed by atoms with Crippen molar-refractivity contribution >= 4 is 34.8 Å². The summed E-state index contributed by atoms with van der Waals surface area (Å²) in [4.78, 5) is 24.8. The molecule has 0 saturated carbocycles. The van der Waals surface area contributed by atoms with Gasteiger partial charge in [0, 0.05) is 12.7 Å². The Bertz CT molecular complexity index is 726. The Kier molecular flexibility index (Phi) is 3.60. The summed E-state index contributed by atoms with van der Waals surface area (Å²) >= 11 is 5.28. The first-order valence-electron chi connectivity index (χ1n) is 6.67. The zero-order valence-corrected chi connectivity index (χ0v) is 12.6. The van der Waals surface area contributed by atoms with E-state index in [9.17, 15) is 9.59 Å². The largest absolute Gasteiger partial charge is 0.331 e. The van der Waals surface area contributed by atoms with Gasteiger partial charge < -0.3 is 5.32 Å². The van der Waals surface area contributed by atoms with Gasteiger partial charge in [-0.3, -0.25) is 14.6 Å². The number of fused-ring (bicyclic) bond motifs is 1. The van der Waals surface area contributed by atoms with E-state index >= 15 is 0 Å². The van der Waals surface area contributed by atoms with Crippen molar-refractivity contribution in [1.82, 2.24) is 10.0 Å². The normalized spacial score (nSPS) is 13.0. The van der Waals surface area contributed by atoms with Crippen LogP contribution in [0.1, 0.15) is 20.7 Å². The molecule has 2 aromatic carbocycles. The Labute approximate surface area is 133 Å². The smallest absolute Gasteiger partial charge is 0.280 e. The first-order valence-corrected chi connectivity index (χ1v) is 7.08. The lowest BCUT2D eigenvalue weighted by molar-refractivity contribution is 0.0366. The van der Waals surface area contributed by atoms with Crippen molar-refractivity contribution in [2.45, 2.75) is 0 Å². The van der Waals surface area contributed by atoms with Crippen molar-refractivity contribution < 1.29 is 9.59 Å². The molecule has 1 aliphatic heterocycles. The topological polar surface area (TPSA) is 52.6 Å². The second kappa shape index (κ2) is 5.57. The van der Waals surface area contributed by atoms with Crippen LogP contribution < -0.4 is 5.32 Å². The molecule has 3 rings (SSSR count). The van der Waals surface area contributed by atoms with E-state index in [1.54, 1.807) is 31.3 Å². The molecule has 5 nitrogen and oxygen atoms in total. The lowest BCUT2D eigenvalue weighted by atomic mass is 10.1. The van der Waals surface area contributed by atoms with E-state index < -0.39 is 0 Å². The maximum absolute atomic E-state index is 12.4. The summed E-state index contributed by atoms with van der Waals surface area (Å²) in [6.07, 6.45) is 0. The number of nitrogens with zero attached hydrogens (tertiary/aromatic N) is 2. The van der Waals surface area contributed by atoms with E-state index in [1.165, 1.54) is 5.01 Å². The third-order valence-electron chi connectivity index (χ3n) is 3.39. The number of carbonyl (C=O) groups is 2. The van der Waals surface area contributed by atoms with Crippen molar-refractivity contribution in [2.75, 3.05) is 12.4 Å². The van der Waals surface area contributed by atoms with Gasteiger partial charge in [0.15, 0.2) is 5.11 Å². The Morgan fingerprint density at radius 1 is 0.955 bits per heavy atom. The number of thiocarbonyl (C=S) groups is 1. The van der Waals surface area contributed by atoms with Crippen LogP contribution in [-0.4, -0.2) is 34.0 Å². The summed E-state index contributed by atoms with van der Waals surface area (Å²) in [6.45, 7) is 0. The molecule has 2 aromatic rings. The first-order chi connectivity index (χ1) is 10.6. The van der Waals surface area contributed by atoms with Gasteiger partial charge in [0.05, 0.1) is 11.1 Å². The molecule has 0 unspecified atom stereocenters.